The van der Waals surface area contributed by atoms with Crippen LogP contribution in [0.2, 0.25) is 0 Å². The highest BCUT2D eigenvalue weighted by atomic mass is 16.6. The summed E-state index contributed by atoms with van der Waals surface area (Å²) in [6, 6.07) is 0. The quantitative estimate of drug-likeness (QED) is 0.0949. The Bertz CT molecular complexity index is 479. The number of carbonyl (C=O) groups excluding carboxylic acids is 2. The summed E-state index contributed by atoms with van der Waals surface area (Å²) in [6.07, 6.45) is 17.9. The van der Waals surface area contributed by atoms with Gasteiger partial charge in [0.2, 0.25) is 0 Å². The first-order valence-electron chi connectivity index (χ1n) is 13.9. The van der Waals surface area contributed by atoms with Gasteiger partial charge in [-0.3, -0.25) is 9.59 Å². The van der Waals surface area contributed by atoms with Crippen molar-refractivity contribution in [3.63, 3.8) is 0 Å². The molecule has 0 aromatic rings. The molecular formula is C28H54O5. The number of carbonyl (C=O) groups is 2. The van der Waals surface area contributed by atoms with Gasteiger partial charge in [-0.2, -0.15) is 0 Å². The van der Waals surface area contributed by atoms with Gasteiger partial charge < -0.3 is 14.6 Å². The lowest BCUT2D eigenvalue weighted by molar-refractivity contribution is -0.175. The fourth-order valence-corrected chi connectivity index (χ4v) is 4.04. The second-order valence-electron chi connectivity index (χ2n) is 9.76. The van der Waals surface area contributed by atoms with Crippen molar-refractivity contribution in [1.29, 1.82) is 0 Å². The van der Waals surface area contributed by atoms with Gasteiger partial charge in [0.1, 0.15) is 6.10 Å². The number of ether oxygens (including phenoxy) is 2. The maximum Gasteiger partial charge on any atom is 0.323 e. The van der Waals surface area contributed by atoms with Gasteiger partial charge in [0, 0.05) is 6.61 Å². The summed E-state index contributed by atoms with van der Waals surface area (Å²) < 4.78 is 11.4. The monoisotopic (exact) mass is 470 g/mol. The molecule has 0 spiro atoms. The Morgan fingerprint density at radius 1 is 0.727 bits per heavy atom. The highest BCUT2D eigenvalue weighted by Crippen LogP contribution is 2.30. The van der Waals surface area contributed by atoms with Crippen LogP contribution in [0.3, 0.4) is 0 Å². The number of aliphatic hydroxyl groups is 1. The lowest BCUT2D eigenvalue weighted by Gasteiger charge is -2.28. The molecule has 5 heteroatoms. The molecule has 0 radical (unpaired) electrons. The molecule has 0 saturated heterocycles. The summed E-state index contributed by atoms with van der Waals surface area (Å²) in [5, 5.41) is 8.98. The van der Waals surface area contributed by atoms with Crippen molar-refractivity contribution < 1.29 is 24.2 Å². The van der Waals surface area contributed by atoms with E-state index in [4.69, 9.17) is 14.6 Å². The highest BCUT2D eigenvalue weighted by molar-refractivity contribution is 5.99. The summed E-state index contributed by atoms with van der Waals surface area (Å²) in [5.41, 5.74) is -1.25. The third-order valence-corrected chi connectivity index (χ3v) is 6.58. The Labute approximate surface area is 204 Å². The van der Waals surface area contributed by atoms with E-state index in [0.29, 0.717) is 13.0 Å². The predicted octanol–water partition coefficient (Wildman–Crippen LogP) is 7.52. The third-order valence-electron chi connectivity index (χ3n) is 6.58. The lowest BCUT2D eigenvalue weighted by atomic mass is 9.84. The van der Waals surface area contributed by atoms with E-state index in [9.17, 15) is 9.59 Å². The van der Waals surface area contributed by atoms with Crippen molar-refractivity contribution in [3.05, 3.63) is 0 Å². The van der Waals surface area contributed by atoms with Crippen LogP contribution < -0.4 is 0 Å². The van der Waals surface area contributed by atoms with Crippen LogP contribution in [0.15, 0.2) is 0 Å². The molecule has 1 N–H and O–H groups in total. The van der Waals surface area contributed by atoms with Crippen molar-refractivity contribution in [1.82, 2.24) is 0 Å². The van der Waals surface area contributed by atoms with Crippen LogP contribution in [-0.4, -0.2) is 36.4 Å². The minimum absolute atomic E-state index is 0.140. The van der Waals surface area contributed by atoms with Crippen LogP contribution in [0.4, 0.5) is 0 Å². The molecule has 2 atom stereocenters. The third kappa shape index (κ3) is 15.4. The molecular weight excluding hydrogens is 416 g/mol. The van der Waals surface area contributed by atoms with E-state index in [1.54, 1.807) is 6.92 Å². The predicted molar refractivity (Wildman–Crippen MR) is 136 cm³/mol. The number of unbranched alkanes of at least 4 members (excludes halogenated alkanes) is 12. The topological polar surface area (TPSA) is 72.8 Å². The maximum atomic E-state index is 13.1. The normalized spacial score (nSPS) is 14.0. The van der Waals surface area contributed by atoms with Crippen molar-refractivity contribution in [2.45, 2.75) is 149 Å². The number of hydrogen-bond acceptors (Lipinski definition) is 5. The van der Waals surface area contributed by atoms with E-state index in [1.807, 2.05) is 6.92 Å². The smallest absolute Gasteiger partial charge is 0.323 e. The van der Waals surface area contributed by atoms with Gasteiger partial charge in [-0.15, -0.1) is 0 Å². The first-order chi connectivity index (χ1) is 16.0. The Morgan fingerprint density at radius 2 is 1.27 bits per heavy atom. The molecule has 33 heavy (non-hydrogen) atoms. The summed E-state index contributed by atoms with van der Waals surface area (Å²) in [5.74, 6) is -0.880. The van der Waals surface area contributed by atoms with Crippen LogP contribution in [0.25, 0.3) is 0 Å². The molecule has 0 heterocycles. The average molecular weight is 471 g/mol. The zero-order valence-corrected chi connectivity index (χ0v) is 22.3. The molecule has 196 valence electrons. The minimum atomic E-state index is -1.25. The average Bonchev–Trinajstić information content (AvgIpc) is 2.81. The van der Waals surface area contributed by atoms with E-state index in [1.165, 1.54) is 38.5 Å². The molecule has 0 aliphatic carbocycles. The molecule has 0 bridgehead atoms. The van der Waals surface area contributed by atoms with E-state index < -0.39 is 17.4 Å². The molecule has 2 unspecified atom stereocenters. The molecule has 0 amide bonds. The van der Waals surface area contributed by atoms with Crippen molar-refractivity contribution >= 4 is 11.9 Å². The Kier molecular flexibility index (Phi) is 20.7. The fraction of sp³-hybridized carbons (Fsp3) is 0.929. The van der Waals surface area contributed by atoms with Crippen LogP contribution in [-0.2, 0) is 19.1 Å². The number of hydrogen-bond donors (Lipinski definition) is 1. The molecule has 5 nitrogen and oxygen atoms in total. The van der Waals surface area contributed by atoms with Crippen LogP contribution in [0.1, 0.15) is 143 Å². The zero-order chi connectivity index (χ0) is 24.8. The first-order valence-corrected chi connectivity index (χ1v) is 13.9. The van der Waals surface area contributed by atoms with E-state index in [0.717, 1.165) is 70.6 Å². The second-order valence-corrected chi connectivity index (χ2v) is 9.76. The van der Waals surface area contributed by atoms with Gasteiger partial charge in [0.25, 0.3) is 0 Å². The molecule has 0 aromatic heterocycles. The summed E-state index contributed by atoms with van der Waals surface area (Å²) in [7, 11) is 0. The van der Waals surface area contributed by atoms with Gasteiger partial charge in [-0.05, 0) is 45.4 Å². The van der Waals surface area contributed by atoms with Crippen molar-refractivity contribution in [2.24, 2.45) is 5.41 Å². The van der Waals surface area contributed by atoms with Gasteiger partial charge >= 0.3 is 11.9 Å². The minimum Gasteiger partial charge on any atom is -0.465 e. The molecule has 0 fully saturated rings. The molecule has 0 aliphatic heterocycles. The van der Waals surface area contributed by atoms with E-state index in [2.05, 4.69) is 13.8 Å². The standard InChI is InChI=1S/C28H54O5/c1-5-8-10-11-12-13-16-20-24-32-26(30)28(4,22-18-14-15-19-23-29)27(31)33-25(7-3)21-17-9-6-2/h25,29H,5-24H2,1-4H3. The number of rotatable bonds is 23. The number of esters is 2. The molecule has 0 aliphatic rings. The van der Waals surface area contributed by atoms with Gasteiger partial charge in [0.05, 0.1) is 6.61 Å². The zero-order valence-electron chi connectivity index (χ0n) is 22.3. The van der Waals surface area contributed by atoms with Gasteiger partial charge in [-0.1, -0.05) is 97.8 Å². The molecule has 0 saturated carbocycles. The number of aliphatic hydroxyl groups excluding tert-OH is 1. The van der Waals surface area contributed by atoms with Crippen molar-refractivity contribution in [3.8, 4) is 0 Å². The fourth-order valence-electron chi connectivity index (χ4n) is 4.04. The Morgan fingerprint density at radius 3 is 1.88 bits per heavy atom. The van der Waals surface area contributed by atoms with E-state index in [-0.39, 0.29) is 12.7 Å². The maximum absolute atomic E-state index is 13.1. The van der Waals surface area contributed by atoms with Crippen LogP contribution in [0, 0.1) is 5.41 Å². The molecule has 0 aromatic carbocycles. The first kappa shape index (κ1) is 31.9. The second kappa shape index (κ2) is 21.4. The van der Waals surface area contributed by atoms with E-state index >= 15 is 0 Å². The Balaban J connectivity index is 4.69. The van der Waals surface area contributed by atoms with Gasteiger partial charge in [0.15, 0.2) is 5.41 Å². The highest BCUT2D eigenvalue weighted by Gasteiger charge is 2.44. The van der Waals surface area contributed by atoms with Crippen LogP contribution >= 0.6 is 0 Å². The lowest BCUT2D eigenvalue weighted by Crippen LogP contribution is -2.41. The summed E-state index contributed by atoms with van der Waals surface area (Å²) in [4.78, 5) is 26.1. The SMILES string of the molecule is CCCCCCCCCCOC(=O)C(C)(CCCCCCO)C(=O)OC(CC)CCCCC. The summed E-state index contributed by atoms with van der Waals surface area (Å²) in [6.45, 7) is 8.64. The largest absolute Gasteiger partial charge is 0.465 e. The molecule has 0 rings (SSSR count). The van der Waals surface area contributed by atoms with Crippen LogP contribution in [0.5, 0.6) is 0 Å². The van der Waals surface area contributed by atoms with Gasteiger partial charge in [-0.25, -0.2) is 0 Å². The Hall–Kier alpha value is -1.10. The summed E-state index contributed by atoms with van der Waals surface area (Å²) >= 11 is 0. The van der Waals surface area contributed by atoms with Crippen molar-refractivity contribution in [2.75, 3.05) is 13.2 Å².